The Morgan fingerprint density at radius 2 is 1.35 bits per heavy atom. The number of carbonyl (C=O) groups excluding carboxylic acids is 2. The van der Waals surface area contributed by atoms with Crippen LogP contribution in [0, 0.1) is 5.92 Å². The minimum Gasteiger partial charge on any atom is -0.497 e. The second-order valence-electron chi connectivity index (χ2n) is 22.4. The first kappa shape index (κ1) is 65.3. The summed E-state index contributed by atoms with van der Waals surface area (Å²) in [6, 6.07) is 19.3. The first-order valence-corrected chi connectivity index (χ1v) is 32.1. The van der Waals surface area contributed by atoms with Crippen LogP contribution in [0.2, 0.25) is 0 Å². The van der Waals surface area contributed by atoms with E-state index in [0.717, 1.165) is 25.0 Å². The number of nitrogens with one attached hydrogen (secondary N) is 1. The van der Waals surface area contributed by atoms with Crippen LogP contribution < -0.4 is 19.5 Å². The van der Waals surface area contributed by atoms with Crippen molar-refractivity contribution in [3.8, 4) is 17.2 Å². The molecule has 16 nitrogen and oxygen atoms in total. The average Bonchev–Trinajstić information content (AvgIpc) is 3.89. The number of alkyl carbamates (subject to hydrolysis) is 1. The number of esters is 1. The Morgan fingerprint density at radius 1 is 0.769 bits per heavy atom. The Hall–Kier alpha value is -3.55. The summed E-state index contributed by atoms with van der Waals surface area (Å²) in [5, 5.41) is 38.9. The van der Waals surface area contributed by atoms with Crippen molar-refractivity contribution in [2.45, 2.75) is 164 Å². The van der Waals surface area contributed by atoms with Crippen LogP contribution in [0.3, 0.4) is 0 Å². The summed E-state index contributed by atoms with van der Waals surface area (Å²) < 4.78 is 51.9. The highest BCUT2D eigenvalue weighted by molar-refractivity contribution is 8.77. The van der Waals surface area contributed by atoms with Crippen molar-refractivity contribution in [3.63, 3.8) is 0 Å². The van der Waals surface area contributed by atoms with Gasteiger partial charge < -0.3 is 53.7 Å². The topological polar surface area (TPSA) is 209 Å². The Morgan fingerprint density at radius 3 is 1.92 bits per heavy atom. The Labute approximate surface area is 473 Å². The molecule has 19 heteroatoms. The quantitative estimate of drug-likeness (QED) is 0.0118. The number of hydrogen-bond acceptors (Lipinski definition) is 15. The van der Waals surface area contributed by atoms with Crippen LogP contribution in [-0.2, 0) is 45.7 Å². The molecule has 5 N–H and O–H groups in total. The number of methoxy groups -OCH3 is 2. The Bertz CT molecular complexity index is 2310. The van der Waals surface area contributed by atoms with Crippen molar-refractivity contribution in [2.24, 2.45) is 5.92 Å². The number of carbonyl (C=O) groups is 2. The van der Waals surface area contributed by atoms with Gasteiger partial charge in [0, 0.05) is 29.8 Å². The lowest BCUT2D eigenvalue weighted by molar-refractivity contribution is -0.870. The van der Waals surface area contributed by atoms with Crippen LogP contribution in [0.1, 0.15) is 158 Å². The zero-order valence-corrected chi connectivity index (χ0v) is 50.1. The molecule has 1 unspecified atom stereocenters. The number of amides is 1. The zero-order valence-electron chi connectivity index (χ0n) is 47.5. The number of benzene rings is 3. The van der Waals surface area contributed by atoms with E-state index in [1.807, 2.05) is 62.3 Å². The molecule has 3 aromatic carbocycles. The van der Waals surface area contributed by atoms with E-state index in [2.05, 4.69) is 19.2 Å². The largest absolute Gasteiger partial charge is 0.497 e. The molecule has 1 saturated carbocycles. The van der Waals surface area contributed by atoms with Gasteiger partial charge in [-0.05, 0) is 74.4 Å². The van der Waals surface area contributed by atoms with E-state index in [9.17, 15) is 34.4 Å². The number of fused-ring (bicyclic) bond motifs is 3. The molecule has 1 fully saturated rings. The summed E-state index contributed by atoms with van der Waals surface area (Å²) in [5.41, 5.74) is -2.40. The van der Waals surface area contributed by atoms with Crippen molar-refractivity contribution >= 4 is 41.5 Å². The summed E-state index contributed by atoms with van der Waals surface area (Å²) in [7, 11) is 8.46. The molecule has 2 aliphatic rings. The molecule has 1 aliphatic carbocycles. The molecule has 5 rings (SSSR count). The van der Waals surface area contributed by atoms with Crippen molar-refractivity contribution in [1.82, 2.24) is 5.32 Å². The molecule has 438 valence electrons. The molecule has 3 aromatic rings. The molecule has 0 bridgehead atoms. The van der Waals surface area contributed by atoms with Gasteiger partial charge in [-0.2, -0.15) is 0 Å². The van der Waals surface area contributed by atoms with Crippen LogP contribution in [0.5, 0.6) is 17.2 Å². The summed E-state index contributed by atoms with van der Waals surface area (Å²) in [4.78, 5) is 36.0. The van der Waals surface area contributed by atoms with Crippen LogP contribution in [0.25, 0.3) is 0 Å². The van der Waals surface area contributed by atoms with Crippen LogP contribution in [-0.4, -0.2) is 128 Å². The standard InChI is InChI=1S/C59H91N2O14PS2/c1-57(2,78-77-40-28-21-19-17-15-13-11-9-8-10-12-14-16-18-20-26-38-73-76(67,68)74-39-36-61(3,4)5)44-72-56(65)60-35-25-27-37-71-49-41-46(43-62)52-50(42-49)75-59(47-31-33-48(69-6)34-32-47)53(45-29-23-22-24-30-45)51(55(64)70-7)54(63)58(52,59)66/h22-24,29-34,41-42,51,53-54,62-63,66H,8-21,25-28,35-40,43-44H2,1-7H3,(H-,60,65,67,68)/p+1/t51-,53-,54-,58+,59+/m1/s1. The first-order chi connectivity index (χ1) is 37.3. The predicted molar refractivity (Wildman–Crippen MR) is 309 cm³/mol. The molecule has 1 amide bonds. The molecule has 6 atom stereocenters. The lowest BCUT2D eigenvalue weighted by Gasteiger charge is -2.41. The molecule has 0 spiro atoms. The number of aliphatic hydroxyl groups is 3. The number of phosphoric acid groups is 1. The Kier molecular flexibility index (Phi) is 26.9. The van der Waals surface area contributed by atoms with Gasteiger partial charge in [-0.1, -0.05) is 154 Å². The predicted octanol–water partition coefficient (Wildman–Crippen LogP) is 11.7. The maximum absolute atomic E-state index is 13.6. The maximum atomic E-state index is 13.6. The summed E-state index contributed by atoms with van der Waals surface area (Å²) in [6.07, 6.45) is 18.6. The van der Waals surface area contributed by atoms with Gasteiger partial charge in [0.15, 0.2) is 11.2 Å². The van der Waals surface area contributed by atoms with Crippen molar-refractivity contribution in [3.05, 3.63) is 89.0 Å². The summed E-state index contributed by atoms with van der Waals surface area (Å²) in [6.45, 7) is 5.73. The van der Waals surface area contributed by atoms with Crippen LogP contribution in [0.4, 0.5) is 4.79 Å². The van der Waals surface area contributed by atoms with Gasteiger partial charge >= 0.3 is 19.9 Å². The number of quaternary nitrogens is 1. The van der Waals surface area contributed by atoms with E-state index in [0.29, 0.717) is 59.6 Å². The summed E-state index contributed by atoms with van der Waals surface area (Å²) >= 11 is 0. The number of aliphatic hydroxyl groups excluding tert-OH is 2. The molecule has 0 radical (unpaired) electrons. The number of nitrogens with zero attached hydrogens (tertiary/aromatic N) is 1. The fraction of sp³-hybridized carbons (Fsp3) is 0.661. The third-order valence-corrected chi connectivity index (χ3v) is 19.0. The summed E-state index contributed by atoms with van der Waals surface area (Å²) in [5.74, 6) is -0.658. The third kappa shape index (κ3) is 19.0. The molecule has 0 saturated heterocycles. The second kappa shape index (κ2) is 32.2. The van der Waals surface area contributed by atoms with Gasteiger partial charge in [0.2, 0.25) is 0 Å². The monoisotopic (exact) mass is 1150 g/mol. The number of ether oxygens (including phenoxy) is 5. The lowest BCUT2D eigenvalue weighted by Crippen LogP contribution is -2.52. The second-order valence-corrected chi connectivity index (χ2v) is 26.9. The molecular weight excluding hydrogens is 1060 g/mol. The minimum absolute atomic E-state index is 0.168. The number of unbranched alkanes of at least 4 members (excludes halogenated alkanes) is 16. The molecule has 1 aliphatic heterocycles. The smallest absolute Gasteiger partial charge is 0.472 e. The van der Waals surface area contributed by atoms with Gasteiger partial charge in [-0.3, -0.25) is 13.8 Å². The maximum Gasteiger partial charge on any atom is 0.472 e. The zero-order chi connectivity index (χ0) is 56.7. The number of hydrogen-bond donors (Lipinski definition) is 5. The molecule has 1 heterocycles. The van der Waals surface area contributed by atoms with E-state index in [1.54, 1.807) is 54.3 Å². The van der Waals surface area contributed by atoms with Gasteiger partial charge in [0.1, 0.15) is 43.1 Å². The van der Waals surface area contributed by atoms with Crippen LogP contribution in [0.15, 0.2) is 66.7 Å². The molecule has 78 heavy (non-hydrogen) atoms. The highest BCUT2D eigenvalue weighted by Crippen LogP contribution is 2.69. The van der Waals surface area contributed by atoms with E-state index in [1.165, 1.54) is 90.6 Å². The van der Waals surface area contributed by atoms with Crippen molar-refractivity contribution in [1.29, 1.82) is 0 Å². The van der Waals surface area contributed by atoms with E-state index in [4.69, 9.17) is 32.7 Å². The number of phosphoric ester groups is 1. The minimum atomic E-state index is -3.95. The highest BCUT2D eigenvalue weighted by atomic mass is 33.1. The third-order valence-electron chi connectivity index (χ3n) is 14.6. The average molecular weight is 1150 g/mol. The van der Waals surface area contributed by atoms with Gasteiger partial charge in [-0.15, -0.1) is 0 Å². The SMILES string of the molecule is COC(=O)[C@H]1[C@@H](O)[C@@]2(O)c3c(CO)cc(OCCCCNC(=O)OCC(C)(C)SSCCCCCCCCCCCCCCCCCCOP(=O)(O)OCC[N+](C)(C)C)cc3O[C@@]2(c2ccc(OC)cc2)[C@@H]1c1ccccc1. The van der Waals surface area contributed by atoms with Gasteiger partial charge in [-0.25, -0.2) is 9.36 Å². The number of likely N-dealkylation sites (N-methyl/N-ethyl adjacent to an activating group) is 1. The van der Waals surface area contributed by atoms with Gasteiger partial charge in [0.25, 0.3) is 0 Å². The van der Waals surface area contributed by atoms with Crippen LogP contribution >= 0.6 is 29.4 Å². The van der Waals surface area contributed by atoms with Gasteiger partial charge in [0.05, 0.1) is 65.8 Å². The van der Waals surface area contributed by atoms with E-state index >= 15 is 0 Å². The molecule has 0 aromatic heterocycles. The van der Waals surface area contributed by atoms with E-state index in [-0.39, 0.29) is 41.4 Å². The van der Waals surface area contributed by atoms with Crippen molar-refractivity contribution in [2.75, 3.05) is 80.6 Å². The normalized spacial score (nSPS) is 20.6. The highest BCUT2D eigenvalue weighted by Gasteiger charge is 2.78. The fourth-order valence-corrected chi connectivity index (χ4v) is 13.8. The molecular formula is C59H92N2O14PS2+. The van der Waals surface area contributed by atoms with Crippen molar-refractivity contribution < 1.29 is 71.6 Å². The fourth-order valence-electron chi connectivity index (χ4n) is 10.5. The lowest BCUT2D eigenvalue weighted by atomic mass is 9.70. The first-order valence-electron chi connectivity index (χ1n) is 28.2. The van der Waals surface area contributed by atoms with E-state index < -0.39 is 55.6 Å². The Balaban J connectivity index is 0.903. The number of rotatable bonds is 39.